The van der Waals surface area contributed by atoms with E-state index in [0.29, 0.717) is 13.0 Å². The fourth-order valence-electron chi connectivity index (χ4n) is 3.74. The molecular formula is C21H23NO2. The third-order valence-electron chi connectivity index (χ3n) is 4.83. The van der Waals surface area contributed by atoms with Crippen LogP contribution in [-0.4, -0.2) is 17.6 Å². The van der Waals surface area contributed by atoms with Crippen LogP contribution in [0.25, 0.3) is 0 Å². The number of nitrogens with zero attached hydrogens (tertiary/aromatic N) is 1. The molecule has 3 nitrogen and oxygen atoms in total. The molecule has 3 rings (SSSR count). The summed E-state index contributed by atoms with van der Waals surface area (Å²) in [6.07, 6.45) is 2.16. The molecule has 2 aromatic rings. The Labute approximate surface area is 143 Å². The zero-order chi connectivity index (χ0) is 17.3. The van der Waals surface area contributed by atoms with E-state index < -0.39 is 5.41 Å². The van der Waals surface area contributed by atoms with Crippen molar-refractivity contribution in [1.82, 2.24) is 0 Å². The molecule has 0 spiro atoms. The predicted octanol–water partition coefficient (Wildman–Crippen LogP) is 3.66. The zero-order valence-electron chi connectivity index (χ0n) is 14.2. The van der Waals surface area contributed by atoms with Gasteiger partial charge in [-0.1, -0.05) is 54.1 Å². The van der Waals surface area contributed by atoms with Crippen molar-refractivity contribution < 1.29 is 9.90 Å². The lowest BCUT2D eigenvalue weighted by Crippen LogP contribution is -2.42. The van der Waals surface area contributed by atoms with E-state index in [1.807, 2.05) is 55.1 Å². The van der Waals surface area contributed by atoms with Gasteiger partial charge in [-0.05, 0) is 37.0 Å². The summed E-state index contributed by atoms with van der Waals surface area (Å²) in [6.45, 7) is 8.14. The van der Waals surface area contributed by atoms with Crippen LogP contribution in [0.15, 0.2) is 55.1 Å². The fraction of sp³-hybridized carbons (Fsp3) is 0.286. The summed E-state index contributed by atoms with van der Waals surface area (Å²) in [7, 11) is 0. The number of amides is 1. The maximum Gasteiger partial charge on any atom is 0.240 e. The largest absolute Gasteiger partial charge is 0.395 e. The number of fused-ring (bicyclic) bond motifs is 1. The van der Waals surface area contributed by atoms with Gasteiger partial charge in [-0.15, -0.1) is 6.58 Å². The normalized spacial score (nSPS) is 19.5. The van der Waals surface area contributed by atoms with Gasteiger partial charge in [-0.2, -0.15) is 0 Å². The number of hydrogen-bond acceptors (Lipinski definition) is 2. The molecular weight excluding hydrogens is 298 g/mol. The number of carbonyl (C=O) groups excluding carboxylic acids is 1. The summed E-state index contributed by atoms with van der Waals surface area (Å²) in [5, 5.41) is 10.1. The van der Waals surface area contributed by atoms with Gasteiger partial charge in [0.05, 0.1) is 18.8 Å². The Kier molecular flexibility index (Phi) is 4.29. The number of carbonyl (C=O) groups is 1. The molecule has 0 saturated carbocycles. The number of aliphatic hydroxyl groups is 1. The van der Waals surface area contributed by atoms with Gasteiger partial charge >= 0.3 is 0 Å². The van der Waals surface area contributed by atoms with E-state index in [1.54, 1.807) is 6.08 Å². The van der Waals surface area contributed by atoms with E-state index in [1.165, 1.54) is 0 Å². The molecule has 0 aromatic heterocycles. The first kappa shape index (κ1) is 16.5. The van der Waals surface area contributed by atoms with Crippen molar-refractivity contribution >= 4 is 11.6 Å². The number of aryl methyl sites for hydroxylation is 2. The highest BCUT2D eigenvalue weighted by Crippen LogP contribution is 2.46. The van der Waals surface area contributed by atoms with Gasteiger partial charge in [0.2, 0.25) is 5.91 Å². The van der Waals surface area contributed by atoms with E-state index in [0.717, 1.165) is 27.9 Å². The molecule has 0 bridgehead atoms. The lowest BCUT2D eigenvalue weighted by molar-refractivity contribution is -0.124. The topological polar surface area (TPSA) is 40.5 Å². The highest BCUT2D eigenvalue weighted by Gasteiger charge is 2.50. The average Bonchev–Trinajstić information content (AvgIpc) is 2.79. The van der Waals surface area contributed by atoms with Crippen molar-refractivity contribution in [2.75, 3.05) is 11.5 Å². The summed E-state index contributed by atoms with van der Waals surface area (Å²) < 4.78 is 0. The highest BCUT2D eigenvalue weighted by molar-refractivity contribution is 6.09. The Balaban J connectivity index is 2.16. The van der Waals surface area contributed by atoms with Crippen molar-refractivity contribution in [2.45, 2.75) is 32.2 Å². The third-order valence-corrected chi connectivity index (χ3v) is 4.83. The summed E-state index contributed by atoms with van der Waals surface area (Å²) in [5.41, 5.74) is 4.18. The average molecular weight is 321 g/mol. The number of benzene rings is 2. The number of rotatable bonds is 5. The first-order valence-corrected chi connectivity index (χ1v) is 8.23. The number of allylic oxidation sites excluding steroid dienone is 1. The maximum absolute atomic E-state index is 13.3. The minimum Gasteiger partial charge on any atom is -0.395 e. The fourth-order valence-corrected chi connectivity index (χ4v) is 3.74. The highest BCUT2D eigenvalue weighted by atomic mass is 16.3. The Morgan fingerprint density at radius 2 is 1.92 bits per heavy atom. The molecule has 1 heterocycles. The minimum atomic E-state index is -0.914. The Morgan fingerprint density at radius 1 is 1.21 bits per heavy atom. The van der Waals surface area contributed by atoms with Crippen molar-refractivity contribution in [3.05, 3.63) is 77.4 Å². The molecule has 0 aliphatic carbocycles. The van der Waals surface area contributed by atoms with Crippen LogP contribution in [0.3, 0.4) is 0 Å². The van der Waals surface area contributed by atoms with Crippen LogP contribution >= 0.6 is 0 Å². The van der Waals surface area contributed by atoms with Crippen molar-refractivity contribution in [3.8, 4) is 0 Å². The van der Waals surface area contributed by atoms with E-state index >= 15 is 0 Å². The summed E-state index contributed by atoms with van der Waals surface area (Å²) >= 11 is 0. The number of anilines is 1. The van der Waals surface area contributed by atoms with Crippen molar-refractivity contribution in [2.24, 2.45) is 0 Å². The second kappa shape index (κ2) is 6.25. The SMILES string of the molecule is C=CCC1(CO)C(=O)N(Cc2ccccc2)c2c(C)cc(C)cc21. The van der Waals surface area contributed by atoms with E-state index in [4.69, 9.17) is 0 Å². The molecule has 1 N–H and O–H groups in total. The molecule has 1 atom stereocenters. The molecule has 1 aliphatic heterocycles. The smallest absolute Gasteiger partial charge is 0.240 e. The second-order valence-corrected chi connectivity index (χ2v) is 6.59. The first-order valence-electron chi connectivity index (χ1n) is 8.23. The Morgan fingerprint density at radius 3 is 2.54 bits per heavy atom. The summed E-state index contributed by atoms with van der Waals surface area (Å²) in [5.74, 6) is -0.0440. The molecule has 1 unspecified atom stereocenters. The quantitative estimate of drug-likeness (QED) is 0.854. The van der Waals surface area contributed by atoms with Crippen LogP contribution in [0.2, 0.25) is 0 Å². The van der Waals surface area contributed by atoms with E-state index in [9.17, 15) is 9.90 Å². The van der Waals surface area contributed by atoms with Crippen LogP contribution in [0, 0.1) is 13.8 Å². The monoisotopic (exact) mass is 321 g/mol. The van der Waals surface area contributed by atoms with Gasteiger partial charge in [-0.3, -0.25) is 4.79 Å². The zero-order valence-corrected chi connectivity index (χ0v) is 14.2. The molecule has 0 radical (unpaired) electrons. The van der Waals surface area contributed by atoms with Gasteiger partial charge in [0, 0.05) is 0 Å². The molecule has 1 amide bonds. The second-order valence-electron chi connectivity index (χ2n) is 6.59. The molecule has 1 aliphatic rings. The van der Waals surface area contributed by atoms with Gasteiger partial charge in [0.15, 0.2) is 0 Å². The maximum atomic E-state index is 13.3. The summed E-state index contributed by atoms with van der Waals surface area (Å²) in [4.78, 5) is 15.1. The van der Waals surface area contributed by atoms with Crippen LogP contribution in [0.1, 0.15) is 28.7 Å². The molecule has 124 valence electrons. The predicted molar refractivity (Wildman–Crippen MR) is 97.1 cm³/mol. The minimum absolute atomic E-state index is 0.0440. The van der Waals surface area contributed by atoms with Crippen LogP contribution < -0.4 is 4.90 Å². The van der Waals surface area contributed by atoms with Gasteiger partial charge < -0.3 is 10.0 Å². The number of hydrogen-bond donors (Lipinski definition) is 1. The standard InChI is InChI=1S/C21H23NO2/c1-4-10-21(14-23)18-12-15(2)11-16(3)19(18)22(20(21)24)13-17-8-6-5-7-9-17/h4-9,11-12,23H,1,10,13-14H2,2-3H3. The van der Waals surface area contributed by atoms with Crippen LogP contribution in [0.4, 0.5) is 5.69 Å². The number of aliphatic hydroxyl groups excluding tert-OH is 1. The van der Waals surface area contributed by atoms with Crippen LogP contribution in [0.5, 0.6) is 0 Å². The van der Waals surface area contributed by atoms with Crippen molar-refractivity contribution in [1.29, 1.82) is 0 Å². The third kappa shape index (κ3) is 2.45. The lowest BCUT2D eigenvalue weighted by atomic mass is 9.78. The van der Waals surface area contributed by atoms with Crippen LogP contribution in [-0.2, 0) is 16.8 Å². The lowest BCUT2D eigenvalue weighted by Gasteiger charge is -2.25. The molecule has 3 heteroatoms. The van der Waals surface area contributed by atoms with Gasteiger partial charge in [0.1, 0.15) is 5.41 Å². The molecule has 2 aromatic carbocycles. The summed E-state index contributed by atoms with van der Waals surface area (Å²) in [6, 6.07) is 14.1. The molecule has 0 fully saturated rings. The van der Waals surface area contributed by atoms with E-state index in [2.05, 4.69) is 12.6 Å². The Bertz CT molecular complexity index is 782. The van der Waals surface area contributed by atoms with Gasteiger partial charge in [-0.25, -0.2) is 0 Å². The molecule has 0 saturated heterocycles. The van der Waals surface area contributed by atoms with Crippen molar-refractivity contribution in [3.63, 3.8) is 0 Å². The van der Waals surface area contributed by atoms with E-state index in [-0.39, 0.29) is 12.5 Å². The van der Waals surface area contributed by atoms with Gasteiger partial charge in [0.25, 0.3) is 0 Å². The first-order chi connectivity index (χ1) is 11.5. The Hall–Kier alpha value is -2.39. The molecule has 24 heavy (non-hydrogen) atoms.